The normalized spacial score (nSPS) is 13.8. The number of anilines is 1. The molecule has 26 heavy (non-hydrogen) atoms. The number of pyridine rings is 1. The maximum absolute atomic E-state index is 6.34. The number of nitrogens with one attached hydrogen (secondary N) is 1. The van der Waals surface area contributed by atoms with Crippen molar-refractivity contribution >= 4 is 28.5 Å². The summed E-state index contributed by atoms with van der Waals surface area (Å²) in [4.78, 5) is 13.9. The summed E-state index contributed by atoms with van der Waals surface area (Å²) in [6, 6.07) is 6.76. The van der Waals surface area contributed by atoms with Crippen LogP contribution < -0.4 is 19.9 Å². The van der Waals surface area contributed by atoms with E-state index < -0.39 is 0 Å². The molecule has 1 fully saturated rings. The maximum Gasteiger partial charge on any atom is 0.319 e. The average molecular weight is 369 g/mol. The van der Waals surface area contributed by atoms with Gasteiger partial charge in [-0.05, 0) is 36.4 Å². The quantitative estimate of drug-likeness (QED) is 0.640. The van der Waals surface area contributed by atoms with Crippen LogP contribution in [0, 0.1) is 0 Å². The van der Waals surface area contributed by atoms with Gasteiger partial charge in [0, 0.05) is 23.8 Å². The molecule has 1 aromatic carbocycles. The molecule has 0 spiro atoms. The zero-order valence-corrected chi connectivity index (χ0v) is 15.3. The largest absolute Gasteiger partial charge is 0.480 e. The summed E-state index contributed by atoms with van der Waals surface area (Å²) < 4.78 is 13.8. The Morgan fingerprint density at radius 3 is 2.73 bits per heavy atom. The van der Waals surface area contributed by atoms with Crippen molar-refractivity contribution in [3.63, 3.8) is 0 Å². The Morgan fingerprint density at radius 2 is 2.00 bits per heavy atom. The highest BCUT2D eigenvalue weighted by atomic mass is 32.2. The van der Waals surface area contributed by atoms with Gasteiger partial charge in [0.05, 0.1) is 35.9 Å². The van der Waals surface area contributed by atoms with Gasteiger partial charge < -0.3 is 15.2 Å². The van der Waals surface area contributed by atoms with E-state index in [0.717, 1.165) is 32.6 Å². The first-order valence-corrected chi connectivity index (χ1v) is 9.07. The molecule has 4 rings (SSSR count). The third-order valence-electron chi connectivity index (χ3n) is 4.21. The van der Waals surface area contributed by atoms with Gasteiger partial charge in [-0.1, -0.05) is 12.1 Å². The summed E-state index contributed by atoms with van der Waals surface area (Å²) in [6.45, 7) is 0. The fourth-order valence-corrected chi connectivity index (χ4v) is 3.45. The fourth-order valence-electron chi connectivity index (χ4n) is 2.60. The number of benzene rings is 1. The molecular weight excluding hydrogens is 350 g/mol. The number of nitrogen functional groups attached to an aromatic ring is 1. The van der Waals surface area contributed by atoms with Crippen LogP contribution in [-0.2, 0) is 0 Å². The van der Waals surface area contributed by atoms with E-state index in [2.05, 4.69) is 19.7 Å². The van der Waals surface area contributed by atoms with Crippen molar-refractivity contribution in [1.29, 1.82) is 0 Å². The first-order valence-electron chi connectivity index (χ1n) is 8.25. The molecule has 0 bridgehead atoms. The Labute approximate surface area is 155 Å². The summed E-state index contributed by atoms with van der Waals surface area (Å²) >= 11 is 1.55. The number of nitrogens with zero attached hydrogens (tertiary/aromatic N) is 3. The molecule has 3 N–H and O–H groups in total. The third kappa shape index (κ3) is 3.25. The topological polar surface area (TPSA) is 95.2 Å². The SMILES string of the molecule is COc1ncc(-c2ccc3c(N)c(SNC4CC4)cnc3c2)c(OC)n1. The van der Waals surface area contributed by atoms with Crippen molar-refractivity contribution in [2.24, 2.45) is 0 Å². The Bertz CT molecular complexity index is 962. The van der Waals surface area contributed by atoms with Gasteiger partial charge in [-0.15, -0.1) is 0 Å². The average Bonchev–Trinajstić information content (AvgIpc) is 3.51. The van der Waals surface area contributed by atoms with Gasteiger partial charge in [0.15, 0.2) is 0 Å². The number of hydrogen-bond acceptors (Lipinski definition) is 8. The van der Waals surface area contributed by atoms with Crippen LogP contribution in [0.3, 0.4) is 0 Å². The Balaban J connectivity index is 1.70. The van der Waals surface area contributed by atoms with E-state index in [4.69, 9.17) is 15.2 Å². The van der Waals surface area contributed by atoms with Gasteiger partial charge in [0.1, 0.15) is 0 Å². The van der Waals surface area contributed by atoms with Crippen LogP contribution in [0.25, 0.3) is 22.0 Å². The van der Waals surface area contributed by atoms with Gasteiger partial charge in [-0.25, -0.2) is 4.98 Å². The van der Waals surface area contributed by atoms with Gasteiger partial charge >= 0.3 is 6.01 Å². The van der Waals surface area contributed by atoms with E-state index in [9.17, 15) is 0 Å². The summed E-state index contributed by atoms with van der Waals surface area (Å²) in [6.07, 6.45) is 5.94. The molecule has 0 unspecified atom stereocenters. The van der Waals surface area contributed by atoms with Crippen LogP contribution in [0.2, 0.25) is 0 Å². The number of fused-ring (bicyclic) bond motifs is 1. The van der Waals surface area contributed by atoms with E-state index in [0.29, 0.717) is 11.9 Å². The summed E-state index contributed by atoms with van der Waals surface area (Å²) in [5.41, 5.74) is 9.56. The second kappa shape index (κ2) is 6.97. The van der Waals surface area contributed by atoms with Crippen molar-refractivity contribution in [1.82, 2.24) is 19.7 Å². The minimum atomic E-state index is 0.263. The highest BCUT2D eigenvalue weighted by Gasteiger charge is 2.21. The number of ether oxygens (including phenoxy) is 2. The molecule has 1 saturated carbocycles. The molecule has 0 atom stereocenters. The minimum absolute atomic E-state index is 0.263. The highest BCUT2D eigenvalue weighted by molar-refractivity contribution is 7.97. The molecule has 7 nitrogen and oxygen atoms in total. The van der Waals surface area contributed by atoms with Crippen LogP contribution in [0.5, 0.6) is 11.9 Å². The Kier molecular flexibility index (Phi) is 4.52. The predicted molar refractivity (Wildman–Crippen MR) is 102 cm³/mol. The van der Waals surface area contributed by atoms with Crippen molar-refractivity contribution in [3.8, 4) is 23.0 Å². The van der Waals surface area contributed by atoms with Crippen LogP contribution in [0.15, 0.2) is 35.5 Å². The zero-order valence-electron chi connectivity index (χ0n) is 14.5. The van der Waals surface area contributed by atoms with Crippen LogP contribution in [-0.4, -0.2) is 35.2 Å². The predicted octanol–water partition coefficient (Wildman–Crippen LogP) is 3.05. The Morgan fingerprint density at radius 1 is 1.15 bits per heavy atom. The Hall–Kier alpha value is -2.58. The maximum atomic E-state index is 6.34. The van der Waals surface area contributed by atoms with Gasteiger partial charge in [-0.3, -0.25) is 9.71 Å². The van der Waals surface area contributed by atoms with E-state index in [1.54, 1.807) is 25.3 Å². The van der Waals surface area contributed by atoms with Gasteiger partial charge in [-0.2, -0.15) is 4.98 Å². The second-order valence-corrected chi connectivity index (χ2v) is 6.92. The van der Waals surface area contributed by atoms with Gasteiger partial charge in [0.2, 0.25) is 5.88 Å². The number of methoxy groups -OCH3 is 2. The summed E-state index contributed by atoms with van der Waals surface area (Å²) in [7, 11) is 3.09. The lowest BCUT2D eigenvalue weighted by Crippen LogP contribution is -2.06. The van der Waals surface area contributed by atoms with E-state index in [-0.39, 0.29) is 6.01 Å². The van der Waals surface area contributed by atoms with Gasteiger partial charge in [0.25, 0.3) is 0 Å². The molecular formula is C18H19N5O2S. The number of hydrogen-bond donors (Lipinski definition) is 2. The van der Waals surface area contributed by atoms with E-state index >= 15 is 0 Å². The number of aromatic nitrogens is 3. The van der Waals surface area contributed by atoms with E-state index in [1.165, 1.54) is 20.0 Å². The molecule has 1 aliphatic rings. The van der Waals surface area contributed by atoms with Crippen molar-refractivity contribution in [2.75, 3.05) is 20.0 Å². The molecule has 2 aromatic heterocycles. The zero-order chi connectivity index (χ0) is 18.1. The second-order valence-electron chi connectivity index (χ2n) is 6.04. The molecule has 1 aliphatic carbocycles. The summed E-state index contributed by atoms with van der Waals surface area (Å²) in [5, 5.41) is 0.921. The van der Waals surface area contributed by atoms with Crippen LogP contribution >= 0.6 is 11.9 Å². The molecule has 2 heterocycles. The lowest BCUT2D eigenvalue weighted by molar-refractivity contribution is 0.353. The molecule has 3 aromatic rings. The van der Waals surface area contributed by atoms with Crippen molar-refractivity contribution < 1.29 is 9.47 Å². The highest BCUT2D eigenvalue weighted by Crippen LogP contribution is 2.35. The smallest absolute Gasteiger partial charge is 0.319 e. The van der Waals surface area contributed by atoms with Crippen LogP contribution in [0.1, 0.15) is 12.8 Å². The molecule has 0 amide bonds. The number of nitrogens with two attached hydrogens (primary N) is 1. The minimum Gasteiger partial charge on any atom is -0.480 e. The molecule has 0 radical (unpaired) electrons. The van der Waals surface area contributed by atoms with Crippen LogP contribution in [0.4, 0.5) is 5.69 Å². The van der Waals surface area contributed by atoms with Crippen molar-refractivity contribution in [3.05, 3.63) is 30.6 Å². The lowest BCUT2D eigenvalue weighted by Gasteiger charge is -2.11. The third-order valence-corrected chi connectivity index (χ3v) is 5.20. The molecule has 8 heteroatoms. The standard InChI is InChI=1S/C18H19N5O2S/c1-24-17-13(8-21-18(22-17)25-2)10-3-6-12-14(7-10)20-9-15(16(12)19)26-23-11-4-5-11/h3,6-9,11,23H,4-5H2,1-2H3,(H2,19,20). The lowest BCUT2D eigenvalue weighted by atomic mass is 10.1. The van der Waals surface area contributed by atoms with E-state index in [1.807, 2.05) is 24.4 Å². The molecule has 0 saturated heterocycles. The fraction of sp³-hybridized carbons (Fsp3) is 0.278. The summed E-state index contributed by atoms with van der Waals surface area (Å²) in [5.74, 6) is 0.449. The first-order chi connectivity index (χ1) is 12.7. The molecule has 0 aliphatic heterocycles. The monoisotopic (exact) mass is 369 g/mol. The molecule has 134 valence electrons. The first kappa shape index (κ1) is 16.9. The number of rotatable bonds is 6. The van der Waals surface area contributed by atoms with Crippen molar-refractivity contribution in [2.45, 2.75) is 23.8 Å².